The van der Waals surface area contributed by atoms with Crippen LogP contribution in [0, 0.1) is 5.82 Å². The van der Waals surface area contributed by atoms with Gasteiger partial charge < -0.3 is 4.74 Å². The molecule has 0 saturated carbocycles. The quantitative estimate of drug-likeness (QED) is 0.809. The summed E-state index contributed by atoms with van der Waals surface area (Å²) in [5, 5.41) is -0.258. The Labute approximate surface area is 128 Å². The first kappa shape index (κ1) is 17.9. The molecule has 0 amide bonds. The number of hydrogen-bond acceptors (Lipinski definition) is 4. The second kappa shape index (κ2) is 6.72. The number of halogens is 2. The second-order valence-electron chi connectivity index (χ2n) is 4.75. The van der Waals surface area contributed by atoms with Crippen LogP contribution in [0.25, 0.3) is 0 Å². The molecule has 118 valence electrons. The average Bonchev–Trinajstić information content (AvgIpc) is 2.36. The van der Waals surface area contributed by atoms with Gasteiger partial charge in [0.1, 0.15) is 16.3 Å². The van der Waals surface area contributed by atoms with E-state index in [-0.39, 0.29) is 16.3 Å². The molecule has 0 aliphatic rings. The Morgan fingerprint density at radius 2 is 2.10 bits per heavy atom. The Hall–Kier alpha value is -1.18. The van der Waals surface area contributed by atoms with Crippen molar-refractivity contribution in [2.45, 2.75) is 37.1 Å². The van der Waals surface area contributed by atoms with E-state index in [1.807, 2.05) is 0 Å². The maximum atomic E-state index is 13.0. The van der Waals surface area contributed by atoms with Crippen LogP contribution in [0.3, 0.4) is 0 Å². The standard InChI is InChI=1S/C13H17ClFNO4S/c1-4-7-13(2,12(17)20-3)16-21(18,19)11-6-5-9(15)8-10(11)14/h5-6,8,16H,4,7H2,1-3H3. The van der Waals surface area contributed by atoms with Crippen LogP contribution in [-0.4, -0.2) is 27.0 Å². The lowest BCUT2D eigenvalue weighted by Crippen LogP contribution is -2.52. The summed E-state index contributed by atoms with van der Waals surface area (Å²) in [6, 6.07) is 2.92. The van der Waals surface area contributed by atoms with E-state index in [0.717, 1.165) is 18.2 Å². The van der Waals surface area contributed by atoms with Crippen molar-refractivity contribution in [2.75, 3.05) is 7.11 Å². The van der Waals surface area contributed by atoms with Crippen LogP contribution < -0.4 is 4.72 Å². The van der Waals surface area contributed by atoms with E-state index in [2.05, 4.69) is 9.46 Å². The van der Waals surface area contributed by atoms with E-state index in [1.54, 1.807) is 6.92 Å². The Morgan fingerprint density at radius 1 is 1.48 bits per heavy atom. The smallest absolute Gasteiger partial charge is 0.326 e. The van der Waals surface area contributed by atoms with E-state index in [4.69, 9.17) is 11.6 Å². The van der Waals surface area contributed by atoms with Gasteiger partial charge in [0.15, 0.2) is 0 Å². The maximum absolute atomic E-state index is 13.0. The van der Waals surface area contributed by atoms with Crippen LogP contribution in [0.5, 0.6) is 0 Å². The number of carbonyl (C=O) groups is 1. The minimum atomic E-state index is -4.09. The van der Waals surface area contributed by atoms with Crippen molar-refractivity contribution in [2.24, 2.45) is 0 Å². The molecule has 0 aliphatic heterocycles. The number of sulfonamides is 1. The van der Waals surface area contributed by atoms with Gasteiger partial charge >= 0.3 is 5.97 Å². The first-order chi connectivity index (χ1) is 9.66. The predicted octanol–water partition coefficient (Wildman–Crippen LogP) is 2.49. The molecule has 0 bridgehead atoms. The van der Waals surface area contributed by atoms with Gasteiger partial charge in [0.25, 0.3) is 0 Å². The van der Waals surface area contributed by atoms with Gasteiger partial charge in [0, 0.05) is 0 Å². The molecule has 1 aromatic rings. The topological polar surface area (TPSA) is 72.5 Å². The summed E-state index contributed by atoms with van der Waals surface area (Å²) in [5.41, 5.74) is -1.42. The molecule has 1 N–H and O–H groups in total. The molecular weight excluding hydrogens is 321 g/mol. The van der Waals surface area contributed by atoms with Crippen LogP contribution >= 0.6 is 11.6 Å². The molecule has 0 radical (unpaired) electrons. The summed E-state index contributed by atoms with van der Waals surface area (Å²) in [7, 11) is -2.92. The third-order valence-electron chi connectivity index (χ3n) is 2.93. The summed E-state index contributed by atoms with van der Waals surface area (Å²) >= 11 is 5.76. The summed E-state index contributed by atoms with van der Waals surface area (Å²) in [5.74, 6) is -1.35. The molecule has 0 spiro atoms. The van der Waals surface area contributed by atoms with E-state index >= 15 is 0 Å². The molecule has 5 nitrogen and oxygen atoms in total. The van der Waals surface area contributed by atoms with Gasteiger partial charge in [-0.2, -0.15) is 4.72 Å². The minimum absolute atomic E-state index is 0.248. The molecule has 8 heteroatoms. The van der Waals surface area contributed by atoms with Gasteiger partial charge in [-0.3, -0.25) is 4.79 Å². The van der Waals surface area contributed by atoms with Crippen molar-refractivity contribution in [1.82, 2.24) is 4.72 Å². The SMILES string of the molecule is CCCC(C)(NS(=O)(=O)c1ccc(F)cc1Cl)C(=O)OC. The van der Waals surface area contributed by atoms with Crippen molar-refractivity contribution in [3.05, 3.63) is 29.0 Å². The van der Waals surface area contributed by atoms with Gasteiger partial charge in [-0.25, -0.2) is 12.8 Å². The lowest BCUT2D eigenvalue weighted by Gasteiger charge is -2.27. The molecule has 0 saturated heterocycles. The lowest BCUT2D eigenvalue weighted by molar-refractivity contribution is -0.147. The number of ether oxygens (including phenoxy) is 1. The number of esters is 1. The fraction of sp³-hybridized carbons (Fsp3) is 0.462. The normalized spacial score (nSPS) is 14.5. The number of nitrogens with one attached hydrogen (secondary N) is 1. The Kier molecular flexibility index (Phi) is 5.72. The zero-order chi connectivity index (χ0) is 16.3. The van der Waals surface area contributed by atoms with Crippen LogP contribution in [-0.2, 0) is 19.6 Å². The second-order valence-corrected chi connectivity index (χ2v) is 6.81. The highest BCUT2D eigenvalue weighted by Gasteiger charge is 2.38. The zero-order valence-electron chi connectivity index (χ0n) is 11.9. The molecule has 0 fully saturated rings. The predicted molar refractivity (Wildman–Crippen MR) is 77.1 cm³/mol. The van der Waals surface area contributed by atoms with Crippen molar-refractivity contribution in [1.29, 1.82) is 0 Å². The Morgan fingerprint density at radius 3 is 2.57 bits per heavy atom. The monoisotopic (exact) mass is 337 g/mol. The zero-order valence-corrected chi connectivity index (χ0v) is 13.5. The number of rotatable bonds is 6. The lowest BCUT2D eigenvalue weighted by atomic mass is 9.98. The molecule has 0 aromatic heterocycles. The van der Waals surface area contributed by atoms with Crippen molar-refractivity contribution < 1.29 is 22.3 Å². The third-order valence-corrected chi connectivity index (χ3v) is 5.01. The van der Waals surface area contributed by atoms with Gasteiger partial charge in [-0.05, 0) is 31.5 Å². The van der Waals surface area contributed by atoms with Crippen molar-refractivity contribution >= 4 is 27.6 Å². The Bertz CT molecular complexity index is 635. The van der Waals surface area contributed by atoms with Crippen molar-refractivity contribution in [3.63, 3.8) is 0 Å². The first-order valence-corrected chi connectivity index (χ1v) is 8.10. The largest absolute Gasteiger partial charge is 0.468 e. The van der Waals surface area contributed by atoms with E-state index in [0.29, 0.717) is 6.42 Å². The average molecular weight is 338 g/mol. The van der Waals surface area contributed by atoms with E-state index < -0.39 is 27.3 Å². The number of methoxy groups -OCH3 is 1. The summed E-state index contributed by atoms with van der Waals surface area (Å²) < 4.78 is 44.6. The molecule has 21 heavy (non-hydrogen) atoms. The molecular formula is C13H17ClFNO4S. The first-order valence-electron chi connectivity index (χ1n) is 6.23. The highest BCUT2D eigenvalue weighted by molar-refractivity contribution is 7.89. The van der Waals surface area contributed by atoms with Gasteiger partial charge in [0.2, 0.25) is 10.0 Å². The molecule has 1 aromatic carbocycles. The molecule has 0 aliphatic carbocycles. The molecule has 0 heterocycles. The maximum Gasteiger partial charge on any atom is 0.326 e. The van der Waals surface area contributed by atoms with Crippen molar-refractivity contribution in [3.8, 4) is 0 Å². The van der Waals surface area contributed by atoms with Gasteiger partial charge in [-0.15, -0.1) is 0 Å². The minimum Gasteiger partial charge on any atom is -0.468 e. The fourth-order valence-corrected chi connectivity index (χ4v) is 3.89. The molecule has 1 atom stereocenters. The summed E-state index contributed by atoms with van der Waals surface area (Å²) in [4.78, 5) is 11.5. The summed E-state index contributed by atoms with van der Waals surface area (Å²) in [6.45, 7) is 3.23. The van der Waals surface area contributed by atoms with Gasteiger partial charge in [0.05, 0.1) is 12.1 Å². The Balaban J connectivity index is 3.21. The third kappa shape index (κ3) is 4.15. The van der Waals surface area contributed by atoms with Crippen LogP contribution in [0.15, 0.2) is 23.1 Å². The van der Waals surface area contributed by atoms with Crippen LogP contribution in [0.2, 0.25) is 5.02 Å². The highest BCUT2D eigenvalue weighted by Crippen LogP contribution is 2.25. The number of hydrogen-bond donors (Lipinski definition) is 1. The fourth-order valence-electron chi connectivity index (χ4n) is 1.96. The summed E-state index contributed by atoms with van der Waals surface area (Å²) in [6.07, 6.45) is 0.809. The molecule has 1 unspecified atom stereocenters. The van der Waals surface area contributed by atoms with Gasteiger partial charge in [-0.1, -0.05) is 24.9 Å². The highest BCUT2D eigenvalue weighted by atomic mass is 35.5. The number of carbonyl (C=O) groups excluding carboxylic acids is 1. The van der Waals surface area contributed by atoms with E-state index in [9.17, 15) is 17.6 Å². The van der Waals surface area contributed by atoms with Crippen LogP contribution in [0.1, 0.15) is 26.7 Å². The van der Waals surface area contributed by atoms with E-state index in [1.165, 1.54) is 14.0 Å². The number of benzene rings is 1. The van der Waals surface area contributed by atoms with Crippen LogP contribution in [0.4, 0.5) is 4.39 Å². The molecule has 1 rings (SSSR count).